The fourth-order valence-electron chi connectivity index (χ4n) is 1.90. The lowest BCUT2D eigenvalue weighted by Gasteiger charge is -2.15. The average molecular weight is 192 g/mol. The molecule has 1 aliphatic heterocycles. The maximum Gasteiger partial charge on any atom is 0.269 e. The first-order valence-electron chi connectivity index (χ1n) is 4.74. The Morgan fingerprint density at radius 3 is 3.00 bits per heavy atom. The molecule has 4 nitrogen and oxygen atoms in total. The number of nitro groups is 1. The second kappa shape index (κ2) is 3.29. The summed E-state index contributed by atoms with van der Waals surface area (Å²) in [6, 6.07) is 5.11. The van der Waals surface area contributed by atoms with E-state index in [0.717, 1.165) is 30.8 Å². The van der Waals surface area contributed by atoms with Gasteiger partial charge in [0.15, 0.2) is 0 Å². The van der Waals surface area contributed by atoms with E-state index in [4.69, 9.17) is 0 Å². The summed E-state index contributed by atoms with van der Waals surface area (Å²) in [6.07, 6.45) is 0.921. The number of nitrogens with zero attached hydrogens (tertiary/aromatic N) is 2. The highest BCUT2D eigenvalue weighted by atomic mass is 16.6. The molecule has 0 spiro atoms. The van der Waals surface area contributed by atoms with Crippen LogP contribution in [0.4, 0.5) is 11.4 Å². The lowest BCUT2D eigenvalue weighted by Crippen LogP contribution is -2.18. The Morgan fingerprint density at radius 1 is 1.57 bits per heavy atom. The number of anilines is 1. The summed E-state index contributed by atoms with van der Waals surface area (Å²) < 4.78 is 0. The molecule has 0 N–H and O–H groups in total. The zero-order valence-corrected chi connectivity index (χ0v) is 8.06. The highest BCUT2D eigenvalue weighted by Crippen LogP contribution is 2.30. The summed E-state index contributed by atoms with van der Waals surface area (Å²) in [5, 5.41) is 10.5. The second-order valence-electron chi connectivity index (χ2n) is 3.40. The molecule has 0 saturated heterocycles. The molecule has 0 saturated carbocycles. The quantitative estimate of drug-likeness (QED) is 0.531. The number of hydrogen-bond donors (Lipinski definition) is 0. The maximum atomic E-state index is 10.5. The van der Waals surface area contributed by atoms with Gasteiger partial charge in [0.25, 0.3) is 5.69 Å². The van der Waals surface area contributed by atoms with Gasteiger partial charge in [0.2, 0.25) is 0 Å². The highest BCUT2D eigenvalue weighted by Gasteiger charge is 2.19. The van der Waals surface area contributed by atoms with Gasteiger partial charge in [-0.05, 0) is 25.0 Å². The molecule has 1 heterocycles. The number of benzene rings is 1. The van der Waals surface area contributed by atoms with Crippen molar-refractivity contribution in [1.29, 1.82) is 0 Å². The SMILES string of the molecule is CCN1CCc2cc([N+](=O)[O-])ccc21. The highest BCUT2D eigenvalue weighted by molar-refractivity contribution is 5.61. The molecule has 0 atom stereocenters. The molecule has 0 aliphatic carbocycles. The fourth-order valence-corrected chi connectivity index (χ4v) is 1.90. The fraction of sp³-hybridized carbons (Fsp3) is 0.400. The van der Waals surface area contributed by atoms with Crippen LogP contribution in [-0.4, -0.2) is 18.0 Å². The number of hydrogen-bond acceptors (Lipinski definition) is 3. The van der Waals surface area contributed by atoms with Crippen molar-refractivity contribution in [2.24, 2.45) is 0 Å². The summed E-state index contributed by atoms with van der Waals surface area (Å²) >= 11 is 0. The van der Waals surface area contributed by atoms with E-state index in [2.05, 4.69) is 11.8 Å². The molecule has 0 bridgehead atoms. The third-order valence-corrected chi connectivity index (χ3v) is 2.65. The molecule has 74 valence electrons. The van der Waals surface area contributed by atoms with Gasteiger partial charge in [0.05, 0.1) is 4.92 Å². The van der Waals surface area contributed by atoms with Crippen molar-refractivity contribution in [3.8, 4) is 0 Å². The van der Waals surface area contributed by atoms with Crippen LogP contribution in [0.3, 0.4) is 0 Å². The Bertz CT molecular complexity index is 376. The van der Waals surface area contributed by atoms with Crippen molar-refractivity contribution in [3.05, 3.63) is 33.9 Å². The van der Waals surface area contributed by atoms with Crippen LogP contribution in [0.2, 0.25) is 0 Å². The van der Waals surface area contributed by atoms with Gasteiger partial charge in [0.1, 0.15) is 0 Å². The van der Waals surface area contributed by atoms with Crippen molar-refractivity contribution in [1.82, 2.24) is 0 Å². The Morgan fingerprint density at radius 2 is 2.36 bits per heavy atom. The third kappa shape index (κ3) is 1.32. The molecular formula is C10H12N2O2. The first-order valence-corrected chi connectivity index (χ1v) is 4.74. The summed E-state index contributed by atoms with van der Waals surface area (Å²) in [6.45, 7) is 4.04. The molecule has 14 heavy (non-hydrogen) atoms. The third-order valence-electron chi connectivity index (χ3n) is 2.65. The molecule has 2 rings (SSSR count). The number of nitro benzene ring substituents is 1. The van der Waals surface area contributed by atoms with E-state index in [-0.39, 0.29) is 10.6 Å². The van der Waals surface area contributed by atoms with Crippen molar-refractivity contribution >= 4 is 11.4 Å². The van der Waals surface area contributed by atoms with E-state index in [0.29, 0.717) is 0 Å². The van der Waals surface area contributed by atoms with Crippen LogP contribution >= 0.6 is 0 Å². The van der Waals surface area contributed by atoms with Gasteiger partial charge in [-0.25, -0.2) is 0 Å². The Kier molecular flexibility index (Phi) is 2.11. The average Bonchev–Trinajstić information content (AvgIpc) is 2.59. The van der Waals surface area contributed by atoms with E-state index in [9.17, 15) is 10.1 Å². The van der Waals surface area contributed by atoms with Gasteiger partial charge in [-0.15, -0.1) is 0 Å². The minimum absolute atomic E-state index is 0.196. The van der Waals surface area contributed by atoms with Gasteiger partial charge in [-0.2, -0.15) is 0 Å². The Balaban J connectivity index is 2.39. The van der Waals surface area contributed by atoms with Crippen molar-refractivity contribution in [2.45, 2.75) is 13.3 Å². The molecule has 0 unspecified atom stereocenters. The first kappa shape index (κ1) is 8.99. The summed E-state index contributed by atoms with van der Waals surface area (Å²) in [5.74, 6) is 0. The predicted molar refractivity (Wildman–Crippen MR) is 54.7 cm³/mol. The molecule has 4 heteroatoms. The molecular weight excluding hydrogens is 180 g/mol. The largest absolute Gasteiger partial charge is 0.371 e. The summed E-state index contributed by atoms with van der Waals surface area (Å²) in [5.41, 5.74) is 2.45. The van der Waals surface area contributed by atoms with Gasteiger partial charge < -0.3 is 4.90 Å². The summed E-state index contributed by atoms with van der Waals surface area (Å²) in [7, 11) is 0. The number of likely N-dealkylation sites (N-methyl/N-ethyl adjacent to an activating group) is 1. The predicted octanol–water partition coefficient (Wildman–Crippen LogP) is 1.98. The summed E-state index contributed by atoms with van der Waals surface area (Å²) in [4.78, 5) is 12.4. The molecule has 0 amide bonds. The van der Waals surface area contributed by atoms with Crippen LogP contribution in [0, 0.1) is 10.1 Å². The minimum atomic E-state index is -0.338. The van der Waals surface area contributed by atoms with Crippen LogP contribution in [-0.2, 0) is 6.42 Å². The zero-order chi connectivity index (χ0) is 10.1. The van der Waals surface area contributed by atoms with E-state index < -0.39 is 0 Å². The topological polar surface area (TPSA) is 46.4 Å². The van der Waals surface area contributed by atoms with Crippen LogP contribution in [0.1, 0.15) is 12.5 Å². The van der Waals surface area contributed by atoms with E-state index >= 15 is 0 Å². The lowest BCUT2D eigenvalue weighted by molar-refractivity contribution is -0.384. The Hall–Kier alpha value is -1.58. The Labute approximate surface area is 82.3 Å². The molecule has 0 radical (unpaired) electrons. The van der Waals surface area contributed by atoms with E-state index in [1.165, 1.54) is 0 Å². The van der Waals surface area contributed by atoms with E-state index in [1.54, 1.807) is 12.1 Å². The van der Waals surface area contributed by atoms with Gasteiger partial charge in [-0.3, -0.25) is 10.1 Å². The van der Waals surface area contributed by atoms with Gasteiger partial charge >= 0.3 is 0 Å². The smallest absolute Gasteiger partial charge is 0.269 e. The van der Waals surface area contributed by atoms with Crippen molar-refractivity contribution in [2.75, 3.05) is 18.0 Å². The van der Waals surface area contributed by atoms with Crippen LogP contribution in [0.5, 0.6) is 0 Å². The zero-order valence-electron chi connectivity index (χ0n) is 8.06. The number of rotatable bonds is 2. The molecule has 1 aromatic carbocycles. The van der Waals surface area contributed by atoms with Gasteiger partial charge in [0, 0.05) is 30.9 Å². The number of fused-ring (bicyclic) bond motifs is 1. The molecule has 1 aromatic rings. The van der Waals surface area contributed by atoms with Crippen molar-refractivity contribution < 1.29 is 4.92 Å². The van der Waals surface area contributed by atoms with Crippen LogP contribution in [0.25, 0.3) is 0 Å². The molecule has 1 aliphatic rings. The van der Waals surface area contributed by atoms with Crippen LogP contribution < -0.4 is 4.90 Å². The monoisotopic (exact) mass is 192 g/mol. The standard InChI is InChI=1S/C10H12N2O2/c1-2-11-6-5-8-7-9(12(13)14)3-4-10(8)11/h3-4,7H,2,5-6H2,1H3. The first-order chi connectivity index (χ1) is 6.72. The molecule has 0 aromatic heterocycles. The lowest BCUT2D eigenvalue weighted by atomic mass is 10.1. The van der Waals surface area contributed by atoms with E-state index in [1.807, 2.05) is 6.07 Å². The van der Waals surface area contributed by atoms with Crippen molar-refractivity contribution in [3.63, 3.8) is 0 Å². The number of non-ortho nitro benzene ring substituents is 1. The molecule has 0 fully saturated rings. The normalized spacial score (nSPS) is 14.2. The minimum Gasteiger partial charge on any atom is -0.371 e. The van der Waals surface area contributed by atoms with Crippen LogP contribution in [0.15, 0.2) is 18.2 Å². The maximum absolute atomic E-state index is 10.5. The van der Waals surface area contributed by atoms with Gasteiger partial charge in [-0.1, -0.05) is 0 Å². The second-order valence-corrected chi connectivity index (χ2v) is 3.40.